The fraction of sp³-hybridized carbons (Fsp3) is 0.200. The minimum Gasteiger partial charge on any atom is -0.446 e. The van der Waals surface area contributed by atoms with Gasteiger partial charge in [-0.1, -0.05) is 24.3 Å². The topological polar surface area (TPSA) is 64.4 Å². The Morgan fingerprint density at radius 3 is 2.62 bits per heavy atom. The summed E-state index contributed by atoms with van der Waals surface area (Å²) in [4.78, 5) is 10.5. The van der Waals surface area contributed by atoms with Crippen LogP contribution in [0.4, 0.5) is 10.1 Å². The molecule has 0 saturated carbocycles. The van der Waals surface area contributed by atoms with Gasteiger partial charge in [-0.2, -0.15) is 0 Å². The van der Waals surface area contributed by atoms with Gasteiger partial charge in [0, 0.05) is 18.2 Å². The lowest BCUT2D eigenvalue weighted by Crippen LogP contribution is -2.07. The first kappa shape index (κ1) is 14.9. The molecule has 0 aromatic heterocycles. The zero-order chi connectivity index (χ0) is 15.4. The van der Waals surface area contributed by atoms with Crippen LogP contribution in [-0.4, -0.2) is 12.0 Å². The van der Waals surface area contributed by atoms with E-state index in [-0.39, 0.29) is 17.2 Å². The first-order chi connectivity index (χ1) is 10.0. The van der Waals surface area contributed by atoms with E-state index < -0.39 is 10.7 Å². The van der Waals surface area contributed by atoms with Crippen molar-refractivity contribution in [1.29, 1.82) is 0 Å². The van der Waals surface area contributed by atoms with Gasteiger partial charge in [0.1, 0.15) is 0 Å². The maximum absolute atomic E-state index is 14.0. The van der Waals surface area contributed by atoms with Gasteiger partial charge in [0.2, 0.25) is 5.75 Å². The lowest BCUT2D eigenvalue weighted by Gasteiger charge is -2.13. The number of rotatable bonds is 5. The highest BCUT2D eigenvalue weighted by molar-refractivity contribution is 5.54. The van der Waals surface area contributed by atoms with Crippen LogP contribution in [0.1, 0.15) is 11.1 Å². The third-order valence-corrected chi connectivity index (χ3v) is 3.01. The lowest BCUT2D eigenvalue weighted by molar-refractivity contribution is -0.385. The molecule has 2 rings (SSSR count). The van der Waals surface area contributed by atoms with Gasteiger partial charge >= 0.3 is 5.69 Å². The number of nitrogens with zero attached hydrogens (tertiary/aromatic N) is 1. The number of nitrogens with one attached hydrogen (secondary N) is 1. The zero-order valence-electron chi connectivity index (χ0n) is 11.7. The van der Waals surface area contributed by atoms with Crippen LogP contribution in [0.3, 0.4) is 0 Å². The molecule has 0 aliphatic heterocycles. The molecule has 0 aliphatic rings. The third kappa shape index (κ3) is 3.17. The van der Waals surface area contributed by atoms with Crippen LogP contribution in [0, 0.1) is 22.9 Å². The normalized spacial score (nSPS) is 10.4. The van der Waals surface area contributed by atoms with Gasteiger partial charge in [-0.15, -0.1) is 0 Å². The molecular weight excluding hydrogens is 275 g/mol. The standard InChI is InChI=1S/C15H15FN2O3/c1-10-5-3-8-13(18(19)20)14(10)21-15-11(9-17-2)6-4-7-12(15)16/h3-8,17H,9H2,1-2H3. The molecule has 0 amide bonds. The molecule has 0 atom stereocenters. The van der Waals surface area contributed by atoms with Crippen LogP contribution < -0.4 is 10.1 Å². The molecule has 0 radical (unpaired) electrons. The van der Waals surface area contributed by atoms with E-state index in [0.29, 0.717) is 17.7 Å². The van der Waals surface area contributed by atoms with Gasteiger partial charge in [-0.25, -0.2) is 4.39 Å². The minimum absolute atomic E-state index is 0.00394. The second-order valence-electron chi connectivity index (χ2n) is 4.54. The molecule has 0 aliphatic carbocycles. The van der Waals surface area contributed by atoms with Crippen molar-refractivity contribution in [2.24, 2.45) is 0 Å². The maximum atomic E-state index is 14.0. The highest BCUT2D eigenvalue weighted by atomic mass is 19.1. The van der Waals surface area contributed by atoms with E-state index in [1.54, 1.807) is 38.2 Å². The monoisotopic (exact) mass is 290 g/mol. The average Bonchev–Trinajstić information content (AvgIpc) is 2.44. The summed E-state index contributed by atoms with van der Waals surface area (Å²) in [6.07, 6.45) is 0. The van der Waals surface area contributed by atoms with Gasteiger partial charge in [-0.3, -0.25) is 10.1 Å². The van der Waals surface area contributed by atoms with E-state index in [4.69, 9.17) is 4.74 Å². The lowest BCUT2D eigenvalue weighted by atomic mass is 10.1. The highest BCUT2D eigenvalue weighted by Gasteiger charge is 2.20. The van der Waals surface area contributed by atoms with E-state index in [1.807, 2.05) is 0 Å². The predicted octanol–water partition coefficient (Wildman–Crippen LogP) is 3.55. The van der Waals surface area contributed by atoms with Crippen molar-refractivity contribution >= 4 is 5.69 Å². The Kier molecular flexibility index (Phi) is 4.49. The molecule has 0 fully saturated rings. The summed E-state index contributed by atoms with van der Waals surface area (Å²) >= 11 is 0. The molecule has 21 heavy (non-hydrogen) atoms. The fourth-order valence-electron chi connectivity index (χ4n) is 2.01. The minimum atomic E-state index is -0.555. The Hall–Kier alpha value is -2.47. The summed E-state index contributed by atoms with van der Waals surface area (Å²) in [6, 6.07) is 9.12. The predicted molar refractivity (Wildman–Crippen MR) is 77.1 cm³/mol. The number of benzene rings is 2. The van der Waals surface area contributed by atoms with Crippen molar-refractivity contribution in [2.45, 2.75) is 13.5 Å². The fourth-order valence-corrected chi connectivity index (χ4v) is 2.01. The van der Waals surface area contributed by atoms with Crippen molar-refractivity contribution in [3.8, 4) is 11.5 Å². The number of hydrogen-bond donors (Lipinski definition) is 1. The second kappa shape index (κ2) is 6.32. The van der Waals surface area contributed by atoms with Gasteiger partial charge in [0.05, 0.1) is 4.92 Å². The molecule has 0 bridgehead atoms. The molecule has 5 nitrogen and oxygen atoms in total. The first-order valence-electron chi connectivity index (χ1n) is 6.38. The van der Waals surface area contributed by atoms with E-state index in [2.05, 4.69) is 5.32 Å². The number of para-hydroxylation sites is 2. The Morgan fingerprint density at radius 1 is 1.24 bits per heavy atom. The van der Waals surface area contributed by atoms with Gasteiger partial charge in [-0.05, 0) is 25.6 Å². The number of nitro groups is 1. The summed E-state index contributed by atoms with van der Waals surface area (Å²) in [5.41, 5.74) is 0.978. The van der Waals surface area contributed by atoms with E-state index in [1.165, 1.54) is 12.1 Å². The second-order valence-corrected chi connectivity index (χ2v) is 4.54. The van der Waals surface area contributed by atoms with Crippen LogP contribution >= 0.6 is 0 Å². The molecule has 0 spiro atoms. The highest BCUT2D eigenvalue weighted by Crippen LogP contribution is 2.36. The van der Waals surface area contributed by atoms with Gasteiger partial charge < -0.3 is 10.1 Å². The SMILES string of the molecule is CNCc1cccc(F)c1Oc1c(C)cccc1[N+](=O)[O-]. The van der Waals surface area contributed by atoms with Crippen molar-refractivity contribution in [3.05, 3.63) is 63.5 Å². The van der Waals surface area contributed by atoms with Crippen LogP contribution in [0.15, 0.2) is 36.4 Å². The molecular formula is C15H15FN2O3. The van der Waals surface area contributed by atoms with Crippen molar-refractivity contribution < 1.29 is 14.1 Å². The van der Waals surface area contributed by atoms with Crippen LogP contribution in [0.2, 0.25) is 0 Å². The number of aryl methyl sites for hydroxylation is 1. The first-order valence-corrected chi connectivity index (χ1v) is 6.38. The Balaban J connectivity index is 2.50. The van der Waals surface area contributed by atoms with Crippen LogP contribution in [0.25, 0.3) is 0 Å². The largest absolute Gasteiger partial charge is 0.446 e. The van der Waals surface area contributed by atoms with Crippen LogP contribution in [-0.2, 0) is 6.54 Å². The summed E-state index contributed by atoms with van der Waals surface area (Å²) in [6.45, 7) is 2.08. The molecule has 110 valence electrons. The molecule has 0 unspecified atom stereocenters. The smallest absolute Gasteiger partial charge is 0.311 e. The van der Waals surface area contributed by atoms with Gasteiger partial charge in [0.25, 0.3) is 0 Å². The van der Waals surface area contributed by atoms with Crippen molar-refractivity contribution in [3.63, 3.8) is 0 Å². The van der Waals surface area contributed by atoms with E-state index in [0.717, 1.165) is 0 Å². The Labute approximate surface area is 121 Å². The Morgan fingerprint density at radius 2 is 1.95 bits per heavy atom. The van der Waals surface area contributed by atoms with Gasteiger partial charge in [0.15, 0.2) is 11.6 Å². The summed E-state index contributed by atoms with van der Waals surface area (Å²) in [5, 5.41) is 14.0. The molecule has 6 heteroatoms. The van der Waals surface area contributed by atoms with Crippen molar-refractivity contribution in [1.82, 2.24) is 5.32 Å². The summed E-state index contributed by atoms with van der Waals surface area (Å²) in [5.74, 6) is -0.491. The van der Waals surface area contributed by atoms with E-state index >= 15 is 0 Å². The molecule has 2 aromatic rings. The quantitative estimate of drug-likeness (QED) is 0.675. The summed E-state index contributed by atoms with van der Waals surface area (Å²) < 4.78 is 19.6. The molecule has 2 aromatic carbocycles. The Bertz CT molecular complexity index is 674. The molecule has 0 saturated heterocycles. The average molecular weight is 290 g/mol. The van der Waals surface area contributed by atoms with Crippen LogP contribution in [0.5, 0.6) is 11.5 Å². The third-order valence-electron chi connectivity index (χ3n) is 3.01. The summed E-state index contributed by atoms with van der Waals surface area (Å²) in [7, 11) is 1.73. The van der Waals surface area contributed by atoms with E-state index in [9.17, 15) is 14.5 Å². The molecule has 1 N–H and O–H groups in total. The maximum Gasteiger partial charge on any atom is 0.311 e. The number of nitro benzene ring substituents is 1. The van der Waals surface area contributed by atoms with Crippen molar-refractivity contribution in [2.75, 3.05) is 7.05 Å². The number of hydrogen-bond acceptors (Lipinski definition) is 4. The number of ether oxygens (including phenoxy) is 1. The zero-order valence-corrected chi connectivity index (χ0v) is 11.7. The molecule has 0 heterocycles. The number of halogens is 1.